The van der Waals surface area contributed by atoms with E-state index in [0.717, 1.165) is 39.9 Å². The van der Waals surface area contributed by atoms with Crippen LogP contribution >= 0.6 is 0 Å². The van der Waals surface area contributed by atoms with Crippen molar-refractivity contribution in [3.63, 3.8) is 0 Å². The summed E-state index contributed by atoms with van der Waals surface area (Å²) >= 11 is 0. The summed E-state index contributed by atoms with van der Waals surface area (Å²) in [6.45, 7) is 5.25. The van der Waals surface area contributed by atoms with Gasteiger partial charge in [-0.1, -0.05) is 24.3 Å². The SMILES string of the molecule is Cc1nn(-c2ccccc2)c(C)c1-c1cnc(C2CC(=O)N(Cc3ccccn3)C2)[nH]1. The number of aromatic nitrogens is 5. The van der Waals surface area contributed by atoms with E-state index in [4.69, 9.17) is 5.10 Å². The number of likely N-dealkylation sites (tertiary alicyclic amines) is 1. The quantitative estimate of drug-likeness (QED) is 0.541. The molecule has 1 aliphatic rings. The van der Waals surface area contributed by atoms with E-state index < -0.39 is 0 Å². The molecule has 1 aliphatic heterocycles. The molecule has 7 heteroatoms. The Bertz CT molecular complexity index is 1210. The molecular weight excluding hydrogens is 388 g/mol. The minimum absolute atomic E-state index is 0.0507. The lowest BCUT2D eigenvalue weighted by Crippen LogP contribution is -2.24. The van der Waals surface area contributed by atoms with Crippen molar-refractivity contribution >= 4 is 5.91 Å². The van der Waals surface area contributed by atoms with Crippen molar-refractivity contribution in [1.82, 2.24) is 29.6 Å². The fraction of sp³-hybridized carbons (Fsp3) is 0.250. The average Bonchev–Trinajstić information content (AvgIpc) is 3.47. The van der Waals surface area contributed by atoms with Crippen molar-refractivity contribution in [2.24, 2.45) is 0 Å². The summed E-state index contributed by atoms with van der Waals surface area (Å²) in [4.78, 5) is 26.8. The first kappa shape index (κ1) is 19.2. The highest BCUT2D eigenvalue weighted by atomic mass is 16.2. The number of aromatic amines is 1. The van der Waals surface area contributed by atoms with Gasteiger partial charge in [-0.2, -0.15) is 5.10 Å². The topological polar surface area (TPSA) is 79.7 Å². The summed E-state index contributed by atoms with van der Waals surface area (Å²) in [6.07, 6.45) is 4.07. The lowest BCUT2D eigenvalue weighted by Gasteiger charge is -2.15. The molecule has 0 bridgehead atoms. The molecule has 1 amide bonds. The van der Waals surface area contributed by atoms with E-state index in [1.165, 1.54) is 0 Å². The molecular formula is C24H24N6O. The van der Waals surface area contributed by atoms with Crippen LogP contribution in [-0.4, -0.2) is 42.1 Å². The Balaban J connectivity index is 1.38. The zero-order valence-electron chi connectivity index (χ0n) is 17.6. The van der Waals surface area contributed by atoms with E-state index in [9.17, 15) is 4.79 Å². The number of hydrogen-bond donors (Lipinski definition) is 1. The van der Waals surface area contributed by atoms with Gasteiger partial charge in [0, 0.05) is 30.6 Å². The maximum Gasteiger partial charge on any atom is 0.223 e. The summed E-state index contributed by atoms with van der Waals surface area (Å²) in [5, 5.41) is 4.73. The molecule has 4 aromatic rings. The molecule has 1 unspecified atom stereocenters. The Kier molecular flexibility index (Phi) is 4.86. The van der Waals surface area contributed by atoms with Crippen LogP contribution in [0.4, 0.5) is 0 Å². The lowest BCUT2D eigenvalue weighted by atomic mass is 10.1. The number of rotatable bonds is 5. The summed E-state index contributed by atoms with van der Waals surface area (Å²) in [5.41, 5.74) is 5.91. The molecule has 156 valence electrons. The first-order valence-corrected chi connectivity index (χ1v) is 10.4. The summed E-state index contributed by atoms with van der Waals surface area (Å²) in [6, 6.07) is 15.9. The smallest absolute Gasteiger partial charge is 0.223 e. The molecule has 1 aromatic carbocycles. The summed E-state index contributed by atoms with van der Waals surface area (Å²) < 4.78 is 1.96. The largest absolute Gasteiger partial charge is 0.342 e. The highest BCUT2D eigenvalue weighted by Crippen LogP contribution is 2.31. The van der Waals surface area contributed by atoms with Crippen molar-refractivity contribution in [2.75, 3.05) is 6.54 Å². The normalized spacial score (nSPS) is 16.3. The molecule has 0 radical (unpaired) electrons. The molecule has 31 heavy (non-hydrogen) atoms. The molecule has 0 spiro atoms. The Morgan fingerprint density at radius 3 is 2.65 bits per heavy atom. The van der Waals surface area contributed by atoms with Crippen molar-refractivity contribution in [1.29, 1.82) is 0 Å². The van der Waals surface area contributed by atoms with E-state index >= 15 is 0 Å². The Hall–Kier alpha value is -3.74. The first-order chi connectivity index (χ1) is 15.1. The minimum atomic E-state index is 0.0507. The second-order valence-electron chi connectivity index (χ2n) is 7.97. The number of imidazole rings is 1. The standard InChI is InChI=1S/C24H24N6O/c1-16-23(17(2)30(28-16)20-9-4-3-5-10-20)21-13-26-24(27-21)18-12-22(31)29(14-18)15-19-8-6-7-11-25-19/h3-11,13,18H,12,14-15H2,1-2H3,(H,26,27). The number of aryl methyl sites for hydroxylation is 1. The number of pyridine rings is 1. The molecule has 5 rings (SSSR count). The van der Waals surface area contributed by atoms with Gasteiger partial charge in [-0.25, -0.2) is 9.67 Å². The fourth-order valence-electron chi connectivity index (χ4n) is 4.32. The number of carbonyl (C=O) groups is 1. The highest BCUT2D eigenvalue weighted by molar-refractivity contribution is 5.79. The maximum atomic E-state index is 12.6. The third-order valence-electron chi connectivity index (χ3n) is 5.84. The van der Waals surface area contributed by atoms with Crippen LogP contribution in [-0.2, 0) is 11.3 Å². The van der Waals surface area contributed by atoms with Gasteiger partial charge in [0.05, 0.1) is 41.2 Å². The number of amides is 1. The van der Waals surface area contributed by atoms with Crippen molar-refractivity contribution in [2.45, 2.75) is 32.7 Å². The van der Waals surface area contributed by atoms with Crippen LogP contribution in [0.25, 0.3) is 16.9 Å². The monoisotopic (exact) mass is 412 g/mol. The molecule has 1 saturated heterocycles. The predicted molar refractivity (Wildman–Crippen MR) is 118 cm³/mol. The van der Waals surface area contributed by atoms with Gasteiger partial charge in [0.1, 0.15) is 5.82 Å². The van der Waals surface area contributed by atoms with Crippen LogP contribution in [0, 0.1) is 13.8 Å². The number of nitrogens with zero attached hydrogens (tertiary/aromatic N) is 5. The maximum absolute atomic E-state index is 12.6. The third kappa shape index (κ3) is 3.63. The second-order valence-corrected chi connectivity index (χ2v) is 7.97. The van der Waals surface area contributed by atoms with Gasteiger partial charge in [-0.05, 0) is 38.1 Å². The second kappa shape index (κ2) is 7.83. The Labute approximate surface area is 180 Å². The first-order valence-electron chi connectivity index (χ1n) is 10.4. The van der Waals surface area contributed by atoms with Crippen LogP contribution < -0.4 is 0 Å². The number of para-hydroxylation sites is 1. The molecule has 1 fully saturated rings. The molecule has 0 aliphatic carbocycles. The van der Waals surface area contributed by atoms with E-state index in [2.05, 4.69) is 21.9 Å². The van der Waals surface area contributed by atoms with E-state index in [1.54, 1.807) is 6.20 Å². The summed E-state index contributed by atoms with van der Waals surface area (Å²) in [5.74, 6) is 1.03. The average molecular weight is 412 g/mol. The minimum Gasteiger partial charge on any atom is -0.342 e. The number of H-pyrrole nitrogens is 1. The van der Waals surface area contributed by atoms with Gasteiger partial charge >= 0.3 is 0 Å². The molecule has 4 heterocycles. The van der Waals surface area contributed by atoms with Crippen molar-refractivity contribution < 1.29 is 4.79 Å². The zero-order chi connectivity index (χ0) is 21.4. The van der Waals surface area contributed by atoms with E-state index in [1.807, 2.05) is 71.2 Å². The summed E-state index contributed by atoms with van der Waals surface area (Å²) in [7, 11) is 0. The predicted octanol–water partition coefficient (Wildman–Crippen LogP) is 3.79. The Morgan fingerprint density at radius 2 is 1.87 bits per heavy atom. The fourth-order valence-corrected chi connectivity index (χ4v) is 4.32. The molecule has 3 aromatic heterocycles. The number of benzene rings is 1. The van der Waals surface area contributed by atoms with Gasteiger partial charge in [0.2, 0.25) is 5.91 Å². The molecule has 0 saturated carbocycles. The van der Waals surface area contributed by atoms with Crippen LogP contribution in [0.5, 0.6) is 0 Å². The van der Waals surface area contributed by atoms with E-state index in [-0.39, 0.29) is 11.8 Å². The van der Waals surface area contributed by atoms with Gasteiger partial charge in [0.15, 0.2) is 0 Å². The Morgan fingerprint density at radius 1 is 1.06 bits per heavy atom. The van der Waals surface area contributed by atoms with Crippen LogP contribution in [0.1, 0.15) is 35.2 Å². The molecule has 7 nitrogen and oxygen atoms in total. The highest BCUT2D eigenvalue weighted by Gasteiger charge is 2.33. The third-order valence-corrected chi connectivity index (χ3v) is 5.84. The van der Waals surface area contributed by atoms with Crippen molar-refractivity contribution in [3.05, 3.63) is 83.8 Å². The molecule has 1 N–H and O–H groups in total. The number of carbonyl (C=O) groups excluding carboxylic acids is 1. The van der Waals surface area contributed by atoms with E-state index in [0.29, 0.717) is 19.5 Å². The lowest BCUT2D eigenvalue weighted by molar-refractivity contribution is -0.128. The number of nitrogens with one attached hydrogen (secondary N) is 1. The van der Waals surface area contributed by atoms with Crippen LogP contribution in [0.2, 0.25) is 0 Å². The van der Waals surface area contributed by atoms with Crippen LogP contribution in [0.15, 0.2) is 60.9 Å². The van der Waals surface area contributed by atoms with Gasteiger partial charge < -0.3 is 9.88 Å². The van der Waals surface area contributed by atoms with Gasteiger partial charge in [-0.3, -0.25) is 9.78 Å². The van der Waals surface area contributed by atoms with Crippen molar-refractivity contribution in [3.8, 4) is 16.9 Å². The zero-order valence-corrected chi connectivity index (χ0v) is 17.6. The number of hydrogen-bond acceptors (Lipinski definition) is 4. The van der Waals surface area contributed by atoms with Gasteiger partial charge in [0.25, 0.3) is 0 Å². The van der Waals surface area contributed by atoms with Crippen LogP contribution in [0.3, 0.4) is 0 Å². The molecule has 1 atom stereocenters. The van der Waals surface area contributed by atoms with Gasteiger partial charge in [-0.15, -0.1) is 0 Å².